The number of hydrogen-bond acceptors (Lipinski definition) is 5. The number of carbonyl (C=O) groups is 1. The SMILES string of the molecule is COCc1ccc(C(=O)OC2CCC2)cc1S(=O)(=O)Cl. The highest BCUT2D eigenvalue weighted by Crippen LogP contribution is 2.26. The van der Waals surface area contributed by atoms with Gasteiger partial charge in [0.05, 0.1) is 17.1 Å². The Kier molecular flexibility index (Phi) is 4.67. The van der Waals surface area contributed by atoms with Crippen molar-refractivity contribution in [1.29, 1.82) is 0 Å². The van der Waals surface area contributed by atoms with Crippen LogP contribution in [0.15, 0.2) is 23.1 Å². The van der Waals surface area contributed by atoms with Gasteiger partial charge in [-0.15, -0.1) is 0 Å². The number of ether oxygens (including phenoxy) is 2. The summed E-state index contributed by atoms with van der Waals surface area (Å²) in [4.78, 5) is 11.8. The van der Waals surface area contributed by atoms with Crippen molar-refractivity contribution < 1.29 is 22.7 Å². The molecule has 0 aromatic heterocycles. The summed E-state index contributed by atoms with van der Waals surface area (Å²) in [5.41, 5.74) is 0.582. The van der Waals surface area contributed by atoms with Crippen molar-refractivity contribution in [2.75, 3.05) is 7.11 Å². The maximum Gasteiger partial charge on any atom is 0.338 e. The summed E-state index contributed by atoms with van der Waals surface area (Å²) in [7, 11) is 2.89. The van der Waals surface area contributed by atoms with E-state index in [-0.39, 0.29) is 23.2 Å². The van der Waals surface area contributed by atoms with Crippen LogP contribution in [0.25, 0.3) is 0 Å². The first-order valence-corrected chi connectivity index (χ1v) is 8.50. The second kappa shape index (κ2) is 6.11. The third-order valence-electron chi connectivity index (χ3n) is 3.19. The van der Waals surface area contributed by atoms with E-state index in [1.807, 2.05) is 0 Å². The topological polar surface area (TPSA) is 69.7 Å². The fourth-order valence-electron chi connectivity index (χ4n) is 1.89. The quantitative estimate of drug-likeness (QED) is 0.616. The molecule has 0 saturated heterocycles. The second-order valence-electron chi connectivity index (χ2n) is 4.65. The van der Waals surface area contributed by atoms with Crippen molar-refractivity contribution in [3.63, 3.8) is 0 Å². The molecule has 1 fully saturated rings. The summed E-state index contributed by atoms with van der Waals surface area (Å²) in [6.07, 6.45) is 2.70. The molecule has 110 valence electrons. The molecule has 0 amide bonds. The Hall–Kier alpha value is -1.11. The van der Waals surface area contributed by atoms with Gasteiger partial charge in [-0.05, 0) is 37.0 Å². The molecule has 0 spiro atoms. The Morgan fingerprint density at radius 1 is 1.40 bits per heavy atom. The van der Waals surface area contributed by atoms with Gasteiger partial charge >= 0.3 is 5.97 Å². The molecule has 1 aliphatic carbocycles. The smallest absolute Gasteiger partial charge is 0.338 e. The predicted octanol–water partition coefficient (Wildman–Crippen LogP) is 2.47. The molecule has 1 aromatic carbocycles. The summed E-state index contributed by atoms with van der Waals surface area (Å²) < 4.78 is 33.2. The van der Waals surface area contributed by atoms with Gasteiger partial charge in [-0.25, -0.2) is 13.2 Å². The lowest BCUT2D eigenvalue weighted by atomic mass is 9.96. The number of halogens is 1. The van der Waals surface area contributed by atoms with Gasteiger partial charge in [-0.2, -0.15) is 0 Å². The van der Waals surface area contributed by atoms with Crippen LogP contribution >= 0.6 is 10.7 Å². The average molecular weight is 319 g/mol. The van der Waals surface area contributed by atoms with E-state index in [2.05, 4.69) is 0 Å². The van der Waals surface area contributed by atoms with Crippen LogP contribution < -0.4 is 0 Å². The molecular formula is C13H15ClO5S. The lowest BCUT2D eigenvalue weighted by molar-refractivity contribution is 0.00897. The van der Waals surface area contributed by atoms with Gasteiger partial charge in [0.1, 0.15) is 6.10 Å². The number of carbonyl (C=O) groups excluding carboxylic acids is 1. The van der Waals surface area contributed by atoms with E-state index < -0.39 is 15.0 Å². The second-order valence-corrected chi connectivity index (χ2v) is 7.19. The molecule has 20 heavy (non-hydrogen) atoms. The largest absolute Gasteiger partial charge is 0.459 e. The van der Waals surface area contributed by atoms with E-state index in [1.165, 1.54) is 25.3 Å². The van der Waals surface area contributed by atoms with Crippen LogP contribution in [0, 0.1) is 0 Å². The van der Waals surface area contributed by atoms with E-state index >= 15 is 0 Å². The first-order valence-electron chi connectivity index (χ1n) is 6.19. The number of esters is 1. The van der Waals surface area contributed by atoms with Gasteiger partial charge in [-0.1, -0.05) is 6.07 Å². The first-order chi connectivity index (χ1) is 9.41. The van der Waals surface area contributed by atoms with E-state index in [9.17, 15) is 13.2 Å². The van der Waals surface area contributed by atoms with Crippen molar-refractivity contribution >= 4 is 25.7 Å². The molecule has 0 radical (unpaired) electrons. The summed E-state index contributed by atoms with van der Waals surface area (Å²) in [5, 5.41) is 0. The molecule has 0 atom stereocenters. The highest BCUT2D eigenvalue weighted by atomic mass is 35.7. The highest BCUT2D eigenvalue weighted by molar-refractivity contribution is 8.13. The van der Waals surface area contributed by atoms with Crippen molar-refractivity contribution in [1.82, 2.24) is 0 Å². The monoisotopic (exact) mass is 318 g/mol. The molecule has 0 unspecified atom stereocenters. The molecule has 5 nitrogen and oxygen atoms in total. The molecular weight excluding hydrogens is 304 g/mol. The van der Waals surface area contributed by atoms with Crippen molar-refractivity contribution in [3.05, 3.63) is 29.3 Å². The standard InChI is InChI=1S/C13H15ClO5S/c1-18-8-10-6-5-9(7-12(10)20(14,16)17)13(15)19-11-3-2-4-11/h5-7,11H,2-4,8H2,1H3. The summed E-state index contributed by atoms with van der Waals surface area (Å²) in [6, 6.07) is 4.26. The zero-order chi connectivity index (χ0) is 14.8. The summed E-state index contributed by atoms with van der Waals surface area (Å²) in [5.74, 6) is -0.528. The van der Waals surface area contributed by atoms with Crippen LogP contribution in [0.3, 0.4) is 0 Å². The Bertz CT molecular complexity index is 607. The molecule has 0 bridgehead atoms. The zero-order valence-electron chi connectivity index (χ0n) is 11.0. The van der Waals surface area contributed by atoms with Crippen LogP contribution in [0.5, 0.6) is 0 Å². The minimum atomic E-state index is -3.95. The Labute approximate surface area is 122 Å². The summed E-state index contributed by atoms with van der Waals surface area (Å²) in [6.45, 7) is 0.0965. The van der Waals surface area contributed by atoms with Gasteiger partial charge in [0.15, 0.2) is 0 Å². The molecule has 1 saturated carbocycles. The highest BCUT2D eigenvalue weighted by Gasteiger charge is 2.24. The number of methoxy groups -OCH3 is 1. The van der Waals surface area contributed by atoms with Crippen LogP contribution in [-0.2, 0) is 25.1 Å². The van der Waals surface area contributed by atoms with Gasteiger partial charge in [0.2, 0.25) is 0 Å². The van der Waals surface area contributed by atoms with Crippen LogP contribution in [0.2, 0.25) is 0 Å². The fraction of sp³-hybridized carbons (Fsp3) is 0.462. The lowest BCUT2D eigenvalue weighted by Gasteiger charge is -2.25. The van der Waals surface area contributed by atoms with Crippen LogP contribution in [0.4, 0.5) is 0 Å². The van der Waals surface area contributed by atoms with Crippen LogP contribution in [0.1, 0.15) is 35.2 Å². The van der Waals surface area contributed by atoms with Gasteiger partial charge in [-0.3, -0.25) is 0 Å². The maximum absolute atomic E-state index is 11.9. The summed E-state index contributed by atoms with van der Waals surface area (Å²) >= 11 is 0. The van der Waals surface area contributed by atoms with Crippen molar-refractivity contribution in [2.24, 2.45) is 0 Å². The third-order valence-corrected chi connectivity index (χ3v) is 4.60. The molecule has 7 heteroatoms. The number of benzene rings is 1. The molecule has 1 aliphatic rings. The minimum absolute atomic E-state index is 0.0581. The van der Waals surface area contributed by atoms with E-state index in [4.69, 9.17) is 20.2 Å². The van der Waals surface area contributed by atoms with Crippen molar-refractivity contribution in [3.8, 4) is 0 Å². The number of hydrogen-bond donors (Lipinski definition) is 0. The average Bonchev–Trinajstić information content (AvgIpc) is 2.33. The Morgan fingerprint density at radius 3 is 2.60 bits per heavy atom. The first kappa shape index (κ1) is 15.3. The Balaban J connectivity index is 2.28. The van der Waals surface area contributed by atoms with Crippen molar-refractivity contribution in [2.45, 2.75) is 36.9 Å². The van der Waals surface area contributed by atoms with Crippen LogP contribution in [-0.4, -0.2) is 27.6 Å². The molecule has 0 aliphatic heterocycles. The molecule has 0 heterocycles. The minimum Gasteiger partial charge on any atom is -0.459 e. The lowest BCUT2D eigenvalue weighted by Crippen LogP contribution is -2.25. The number of rotatable bonds is 5. The van der Waals surface area contributed by atoms with Gasteiger partial charge in [0, 0.05) is 17.8 Å². The van der Waals surface area contributed by atoms with Gasteiger partial charge < -0.3 is 9.47 Å². The maximum atomic E-state index is 11.9. The normalized spacial score (nSPS) is 15.7. The van der Waals surface area contributed by atoms with E-state index in [0.717, 1.165) is 19.3 Å². The predicted molar refractivity (Wildman–Crippen MR) is 73.2 cm³/mol. The molecule has 0 N–H and O–H groups in total. The molecule has 1 aromatic rings. The fourth-order valence-corrected chi connectivity index (χ4v) is 3.03. The Morgan fingerprint density at radius 2 is 2.10 bits per heavy atom. The van der Waals surface area contributed by atoms with E-state index in [1.54, 1.807) is 0 Å². The molecule has 2 rings (SSSR count). The van der Waals surface area contributed by atoms with E-state index in [0.29, 0.717) is 5.56 Å². The van der Waals surface area contributed by atoms with Gasteiger partial charge in [0.25, 0.3) is 9.05 Å². The third kappa shape index (κ3) is 3.50. The zero-order valence-corrected chi connectivity index (χ0v) is 12.5.